The summed E-state index contributed by atoms with van der Waals surface area (Å²) < 4.78 is 29.7. The van der Waals surface area contributed by atoms with E-state index in [1.807, 2.05) is 0 Å². The average Bonchev–Trinajstić information content (AvgIpc) is 2.69. The van der Waals surface area contributed by atoms with Gasteiger partial charge in [0, 0.05) is 20.1 Å². The summed E-state index contributed by atoms with van der Waals surface area (Å²) in [5.41, 5.74) is 0.864. The first-order chi connectivity index (χ1) is 11.2. The van der Waals surface area contributed by atoms with Crippen LogP contribution in [0.25, 0.3) is 11.0 Å². The number of carbonyl (C=O) groups is 1. The number of nitrogens with zero attached hydrogens (tertiary/aromatic N) is 3. The van der Waals surface area contributed by atoms with Crippen LogP contribution in [0.1, 0.15) is 19.3 Å². The van der Waals surface area contributed by atoms with Gasteiger partial charge in [0.2, 0.25) is 10.0 Å². The molecule has 1 fully saturated rings. The van der Waals surface area contributed by atoms with Crippen molar-refractivity contribution in [1.82, 2.24) is 13.4 Å². The van der Waals surface area contributed by atoms with E-state index in [9.17, 15) is 18.0 Å². The Hall–Kier alpha value is -2.13. The molecule has 0 atom stereocenters. The number of hydrogen-bond acceptors (Lipinski definition) is 4. The van der Waals surface area contributed by atoms with Crippen molar-refractivity contribution in [3.63, 3.8) is 0 Å². The fourth-order valence-corrected chi connectivity index (χ4v) is 4.66. The van der Waals surface area contributed by atoms with Crippen LogP contribution in [0.15, 0.2) is 27.9 Å². The number of carboxylic acid groups (broad SMARTS) is 1. The van der Waals surface area contributed by atoms with E-state index in [1.165, 1.54) is 21.3 Å². The van der Waals surface area contributed by atoms with Gasteiger partial charge in [-0.2, -0.15) is 4.31 Å². The number of aliphatic carboxylic acids is 1. The van der Waals surface area contributed by atoms with Crippen LogP contribution in [0.3, 0.4) is 0 Å². The molecule has 1 aliphatic carbocycles. The third-order valence-corrected chi connectivity index (χ3v) is 6.52. The Kier molecular flexibility index (Phi) is 4.00. The minimum absolute atomic E-state index is 0.00403. The molecule has 0 radical (unpaired) electrons. The number of sulfonamides is 1. The van der Waals surface area contributed by atoms with E-state index in [1.54, 1.807) is 20.2 Å². The smallest absolute Gasteiger partial charge is 0.328 e. The van der Waals surface area contributed by atoms with Gasteiger partial charge in [-0.15, -0.1) is 0 Å². The molecule has 8 nitrogen and oxygen atoms in total. The third-order valence-electron chi connectivity index (χ3n) is 4.62. The predicted octanol–water partition coefficient (Wildman–Crippen LogP) is 0.505. The predicted molar refractivity (Wildman–Crippen MR) is 87.3 cm³/mol. The fraction of sp³-hybridized carbons (Fsp3) is 0.467. The van der Waals surface area contributed by atoms with Crippen molar-refractivity contribution < 1.29 is 18.3 Å². The molecule has 24 heavy (non-hydrogen) atoms. The highest BCUT2D eigenvalue weighted by Crippen LogP contribution is 2.30. The van der Waals surface area contributed by atoms with Gasteiger partial charge >= 0.3 is 11.7 Å². The molecule has 2 aromatic rings. The number of rotatable bonds is 5. The second kappa shape index (κ2) is 5.75. The van der Waals surface area contributed by atoms with Gasteiger partial charge in [0.1, 0.15) is 6.54 Å². The van der Waals surface area contributed by atoms with E-state index in [4.69, 9.17) is 5.11 Å². The molecule has 0 unspecified atom stereocenters. The Morgan fingerprint density at radius 1 is 1.25 bits per heavy atom. The van der Waals surface area contributed by atoms with E-state index in [-0.39, 0.29) is 16.6 Å². The number of fused-ring (bicyclic) bond motifs is 1. The lowest BCUT2D eigenvalue weighted by molar-refractivity contribution is -0.137. The van der Waals surface area contributed by atoms with Crippen LogP contribution in [0, 0.1) is 0 Å². The van der Waals surface area contributed by atoms with E-state index >= 15 is 0 Å². The molecule has 1 heterocycles. The van der Waals surface area contributed by atoms with Gasteiger partial charge in [0.15, 0.2) is 0 Å². The van der Waals surface area contributed by atoms with Crippen molar-refractivity contribution >= 4 is 27.0 Å². The summed E-state index contributed by atoms with van der Waals surface area (Å²) in [4.78, 5) is 23.1. The summed E-state index contributed by atoms with van der Waals surface area (Å²) >= 11 is 0. The van der Waals surface area contributed by atoms with Crippen LogP contribution in [-0.4, -0.2) is 45.5 Å². The molecule has 0 spiro atoms. The largest absolute Gasteiger partial charge is 0.480 e. The van der Waals surface area contributed by atoms with E-state index in [0.717, 1.165) is 10.7 Å². The van der Waals surface area contributed by atoms with Crippen molar-refractivity contribution in [1.29, 1.82) is 0 Å². The van der Waals surface area contributed by atoms with Crippen LogP contribution in [0.4, 0.5) is 0 Å². The molecule has 1 aliphatic rings. The van der Waals surface area contributed by atoms with Gasteiger partial charge in [-0.25, -0.2) is 13.2 Å². The zero-order valence-electron chi connectivity index (χ0n) is 13.5. The minimum atomic E-state index is -3.94. The van der Waals surface area contributed by atoms with E-state index in [0.29, 0.717) is 23.9 Å². The van der Waals surface area contributed by atoms with Crippen LogP contribution in [0.5, 0.6) is 0 Å². The molecular weight excluding hydrogens is 334 g/mol. The van der Waals surface area contributed by atoms with Crippen LogP contribution in [0.2, 0.25) is 0 Å². The second-order valence-electron chi connectivity index (χ2n) is 6.08. The van der Waals surface area contributed by atoms with Crippen molar-refractivity contribution in [2.75, 3.05) is 6.54 Å². The highest BCUT2D eigenvalue weighted by Gasteiger charge is 2.36. The molecule has 130 valence electrons. The lowest BCUT2D eigenvalue weighted by Gasteiger charge is -2.35. The molecule has 0 bridgehead atoms. The molecule has 9 heteroatoms. The number of aromatic nitrogens is 2. The Bertz CT molecular complexity index is 969. The van der Waals surface area contributed by atoms with Crippen molar-refractivity contribution in [2.24, 2.45) is 14.1 Å². The second-order valence-corrected chi connectivity index (χ2v) is 7.97. The normalized spacial score (nSPS) is 15.8. The van der Waals surface area contributed by atoms with Gasteiger partial charge in [-0.05, 0) is 31.0 Å². The fourth-order valence-electron chi connectivity index (χ4n) is 3.00. The third kappa shape index (κ3) is 2.53. The number of aryl methyl sites for hydroxylation is 2. The quantitative estimate of drug-likeness (QED) is 0.844. The standard InChI is InChI=1S/C15H19N3O5S/c1-16-12-7-6-11(8-13(12)17(2)15(16)21)24(22,23)18(9-14(19)20)10-4-3-5-10/h6-8,10H,3-5,9H2,1-2H3,(H,19,20). The first kappa shape index (κ1) is 16.7. The maximum Gasteiger partial charge on any atom is 0.328 e. The number of carboxylic acids is 1. The Balaban J connectivity index is 2.11. The SMILES string of the molecule is Cn1c(=O)n(C)c2cc(S(=O)(=O)N(CC(=O)O)C3CCC3)ccc21. The lowest BCUT2D eigenvalue weighted by atomic mass is 9.93. The number of benzene rings is 1. The Morgan fingerprint density at radius 2 is 1.88 bits per heavy atom. The zero-order chi connectivity index (χ0) is 17.6. The van der Waals surface area contributed by atoms with Crippen LogP contribution >= 0.6 is 0 Å². The molecule has 3 rings (SSSR count). The first-order valence-corrected chi connectivity index (χ1v) is 9.06. The highest BCUT2D eigenvalue weighted by molar-refractivity contribution is 7.89. The topological polar surface area (TPSA) is 102 Å². The molecule has 0 amide bonds. The van der Waals surface area contributed by atoms with Gasteiger partial charge in [-0.1, -0.05) is 6.42 Å². The monoisotopic (exact) mass is 353 g/mol. The zero-order valence-corrected chi connectivity index (χ0v) is 14.3. The van der Waals surface area contributed by atoms with Crippen molar-refractivity contribution in [3.05, 3.63) is 28.7 Å². The Labute approximate surface area is 139 Å². The van der Waals surface area contributed by atoms with Gasteiger partial charge in [0.25, 0.3) is 0 Å². The molecule has 0 saturated heterocycles. The summed E-state index contributed by atoms with van der Waals surface area (Å²) in [5, 5.41) is 9.06. The van der Waals surface area contributed by atoms with Gasteiger partial charge in [0.05, 0.1) is 15.9 Å². The summed E-state index contributed by atoms with van der Waals surface area (Å²) in [6.45, 7) is -0.557. The molecule has 1 aromatic carbocycles. The van der Waals surface area contributed by atoms with Crippen molar-refractivity contribution in [3.8, 4) is 0 Å². The minimum Gasteiger partial charge on any atom is -0.480 e. The average molecular weight is 353 g/mol. The van der Waals surface area contributed by atoms with Crippen LogP contribution in [-0.2, 0) is 28.9 Å². The molecule has 1 aromatic heterocycles. The molecule has 1 N–H and O–H groups in total. The molecule has 1 saturated carbocycles. The maximum absolute atomic E-state index is 12.9. The number of imidazole rings is 1. The first-order valence-electron chi connectivity index (χ1n) is 7.62. The molecular formula is C15H19N3O5S. The number of hydrogen-bond donors (Lipinski definition) is 1. The van der Waals surface area contributed by atoms with Gasteiger partial charge in [-0.3, -0.25) is 13.9 Å². The summed E-state index contributed by atoms with van der Waals surface area (Å²) in [6, 6.07) is 4.15. The lowest BCUT2D eigenvalue weighted by Crippen LogP contribution is -2.46. The van der Waals surface area contributed by atoms with Crippen LogP contribution < -0.4 is 5.69 Å². The van der Waals surface area contributed by atoms with Crippen molar-refractivity contribution in [2.45, 2.75) is 30.2 Å². The van der Waals surface area contributed by atoms with Gasteiger partial charge < -0.3 is 5.11 Å². The highest BCUT2D eigenvalue weighted by atomic mass is 32.2. The molecule has 0 aliphatic heterocycles. The summed E-state index contributed by atoms with van der Waals surface area (Å²) in [5.74, 6) is -1.18. The summed E-state index contributed by atoms with van der Waals surface area (Å²) in [7, 11) is -0.754. The summed E-state index contributed by atoms with van der Waals surface area (Å²) in [6.07, 6.45) is 2.22. The van der Waals surface area contributed by atoms with E-state index in [2.05, 4.69) is 0 Å². The Morgan fingerprint density at radius 3 is 2.42 bits per heavy atom. The maximum atomic E-state index is 12.9. The van der Waals surface area contributed by atoms with E-state index < -0.39 is 22.5 Å².